The molecule has 3 heterocycles. The van der Waals surface area contributed by atoms with Gasteiger partial charge in [0.1, 0.15) is 6.04 Å². The average molecular weight is 460 g/mol. The van der Waals surface area contributed by atoms with Gasteiger partial charge in [0.05, 0.1) is 6.42 Å². The number of amides is 7. The molecule has 1 N–H and O–H groups in total. The number of carbonyl (C=O) groups excluding carboxylic acids is 7. The smallest absolute Gasteiger partial charge is 0.327 e. The third-order valence-electron chi connectivity index (χ3n) is 5.40. The maximum Gasteiger partial charge on any atom is 0.327 e. The van der Waals surface area contributed by atoms with Crippen LogP contribution in [0.1, 0.15) is 19.3 Å². The summed E-state index contributed by atoms with van der Waals surface area (Å²) in [5.74, 6) is -6.09. The third-order valence-corrected chi connectivity index (χ3v) is 5.40. The van der Waals surface area contributed by atoms with Gasteiger partial charge in [-0.15, -0.1) is 0 Å². The van der Waals surface area contributed by atoms with Crippen molar-refractivity contribution in [3.05, 3.63) is 24.3 Å². The minimum absolute atomic E-state index is 0.154. The molecule has 0 bridgehead atoms. The maximum atomic E-state index is 13.0. The molecule has 174 valence electrons. The van der Waals surface area contributed by atoms with E-state index in [-0.39, 0.29) is 39.0 Å². The van der Waals surface area contributed by atoms with Crippen LogP contribution in [0.15, 0.2) is 24.3 Å². The third kappa shape index (κ3) is 5.02. The Hall–Kier alpha value is -4.16. The van der Waals surface area contributed by atoms with E-state index in [0.717, 1.165) is 39.0 Å². The summed E-state index contributed by atoms with van der Waals surface area (Å²) < 4.78 is 0. The van der Waals surface area contributed by atoms with Crippen LogP contribution in [0.4, 0.5) is 0 Å². The largest absolute Gasteiger partial charge is 0.480 e. The Morgan fingerprint density at radius 1 is 0.788 bits per heavy atom. The lowest BCUT2D eigenvalue weighted by Crippen LogP contribution is -2.50. The number of nitrogens with zero attached hydrogens (tertiary/aromatic N) is 4. The van der Waals surface area contributed by atoms with Crippen molar-refractivity contribution in [3.8, 4) is 0 Å². The monoisotopic (exact) mass is 460 g/mol. The first-order valence-corrected chi connectivity index (χ1v) is 10.0. The summed E-state index contributed by atoms with van der Waals surface area (Å²) in [4.78, 5) is 99.1. The Morgan fingerprint density at radius 3 is 1.55 bits per heavy atom. The summed E-state index contributed by atoms with van der Waals surface area (Å²) in [5, 5.41) is 9.52. The molecule has 1 unspecified atom stereocenters. The molecular weight excluding hydrogens is 440 g/mol. The highest BCUT2D eigenvalue weighted by molar-refractivity contribution is 6.13. The second kappa shape index (κ2) is 9.54. The van der Waals surface area contributed by atoms with Gasteiger partial charge >= 0.3 is 5.97 Å². The minimum Gasteiger partial charge on any atom is -0.480 e. The van der Waals surface area contributed by atoms with Crippen LogP contribution >= 0.6 is 0 Å². The number of carboxylic acids is 1. The van der Waals surface area contributed by atoms with Gasteiger partial charge in [-0.2, -0.15) is 0 Å². The van der Waals surface area contributed by atoms with Gasteiger partial charge in [0, 0.05) is 63.3 Å². The Balaban J connectivity index is 1.73. The number of carboxylic acid groups (broad SMARTS) is 1. The molecular formula is C20H20N4O9. The van der Waals surface area contributed by atoms with E-state index in [2.05, 4.69) is 0 Å². The normalized spacial score (nSPS) is 18.8. The summed E-state index contributed by atoms with van der Waals surface area (Å²) in [5.41, 5.74) is 0. The van der Waals surface area contributed by atoms with Crippen molar-refractivity contribution in [2.24, 2.45) is 0 Å². The summed E-state index contributed by atoms with van der Waals surface area (Å²) >= 11 is 0. The number of carbonyl (C=O) groups is 8. The van der Waals surface area contributed by atoms with E-state index < -0.39 is 59.8 Å². The van der Waals surface area contributed by atoms with Crippen molar-refractivity contribution >= 4 is 47.3 Å². The van der Waals surface area contributed by atoms with Gasteiger partial charge in [-0.3, -0.25) is 48.3 Å². The van der Waals surface area contributed by atoms with Crippen molar-refractivity contribution < 1.29 is 43.5 Å². The fourth-order valence-electron chi connectivity index (χ4n) is 3.63. The Bertz CT molecular complexity index is 917. The topological polar surface area (TPSA) is 170 Å². The number of hydrogen-bond acceptors (Lipinski definition) is 8. The lowest BCUT2D eigenvalue weighted by Gasteiger charge is -2.29. The van der Waals surface area contributed by atoms with Gasteiger partial charge in [-0.05, 0) is 0 Å². The van der Waals surface area contributed by atoms with E-state index in [9.17, 15) is 43.5 Å². The molecule has 0 aromatic heterocycles. The van der Waals surface area contributed by atoms with Crippen molar-refractivity contribution in [3.63, 3.8) is 0 Å². The second-order valence-corrected chi connectivity index (χ2v) is 7.42. The predicted octanol–water partition coefficient (Wildman–Crippen LogP) is -2.34. The lowest BCUT2D eigenvalue weighted by atomic mass is 10.1. The molecule has 3 rings (SSSR count). The highest BCUT2D eigenvalue weighted by Crippen LogP contribution is 2.19. The van der Waals surface area contributed by atoms with E-state index in [1.165, 1.54) is 0 Å². The molecule has 33 heavy (non-hydrogen) atoms. The SMILES string of the molecule is O=C(O)C(CC(=O)N(CCN1C(=O)C=CC1=O)CCN1C(=O)C=CC1=O)N1C(=O)CCC1=O. The Kier molecular flexibility index (Phi) is 6.80. The minimum atomic E-state index is -1.73. The molecule has 0 spiro atoms. The van der Waals surface area contributed by atoms with Gasteiger partial charge in [0.15, 0.2) is 0 Å². The number of likely N-dealkylation sites (tertiary alicyclic amines) is 1. The first kappa shape index (κ1) is 23.5. The van der Waals surface area contributed by atoms with Crippen LogP contribution in [0.25, 0.3) is 0 Å². The van der Waals surface area contributed by atoms with Crippen LogP contribution < -0.4 is 0 Å². The molecule has 0 aliphatic carbocycles. The Labute approximate surface area is 186 Å². The predicted molar refractivity (Wildman–Crippen MR) is 105 cm³/mol. The average Bonchev–Trinajstić information content (AvgIpc) is 3.38. The van der Waals surface area contributed by atoms with Gasteiger partial charge in [-0.25, -0.2) is 4.79 Å². The summed E-state index contributed by atoms with van der Waals surface area (Å²) in [6.45, 7) is -0.850. The molecule has 0 aromatic carbocycles. The molecule has 1 fully saturated rings. The van der Waals surface area contributed by atoms with Crippen molar-refractivity contribution in [2.45, 2.75) is 25.3 Å². The highest BCUT2D eigenvalue weighted by Gasteiger charge is 2.41. The zero-order valence-corrected chi connectivity index (χ0v) is 17.3. The number of imide groups is 3. The van der Waals surface area contributed by atoms with E-state index in [0.29, 0.717) is 4.90 Å². The van der Waals surface area contributed by atoms with Crippen LogP contribution in [0.3, 0.4) is 0 Å². The van der Waals surface area contributed by atoms with E-state index in [1.807, 2.05) is 0 Å². The van der Waals surface area contributed by atoms with Crippen molar-refractivity contribution in [2.75, 3.05) is 26.2 Å². The number of hydrogen-bond donors (Lipinski definition) is 1. The highest BCUT2D eigenvalue weighted by atomic mass is 16.4. The molecule has 13 heteroatoms. The molecule has 3 aliphatic heterocycles. The van der Waals surface area contributed by atoms with Crippen molar-refractivity contribution in [1.29, 1.82) is 0 Å². The molecule has 0 saturated carbocycles. The molecule has 1 atom stereocenters. The zero-order chi connectivity index (χ0) is 24.3. The van der Waals surface area contributed by atoms with Gasteiger partial charge in [0.2, 0.25) is 17.7 Å². The lowest BCUT2D eigenvalue weighted by molar-refractivity contribution is -0.156. The number of aliphatic carboxylic acids is 1. The molecule has 13 nitrogen and oxygen atoms in total. The quantitative estimate of drug-likeness (QED) is 0.351. The first-order chi connectivity index (χ1) is 15.6. The Morgan fingerprint density at radius 2 is 1.18 bits per heavy atom. The zero-order valence-electron chi connectivity index (χ0n) is 17.3. The standard InChI is InChI=1S/C20H20N4O9/c25-13-1-2-14(26)22(13)9-7-21(8-10-23-15(27)3-4-16(23)28)19(31)11-12(20(32)33)24-17(29)5-6-18(24)30/h1-4,12H,5-11H2,(H,32,33). The van der Waals surface area contributed by atoms with Crippen molar-refractivity contribution in [1.82, 2.24) is 19.6 Å². The summed E-state index contributed by atoms with van der Waals surface area (Å²) in [7, 11) is 0. The maximum absolute atomic E-state index is 13.0. The summed E-state index contributed by atoms with van der Waals surface area (Å²) in [6.07, 6.45) is 3.20. The molecule has 1 saturated heterocycles. The van der Waals surface area contributed by atoms with Crippen LogP contribution in [-0.2, 0) is 38.4 Å². The van der Waals surface area contributed by atoms with Gasteiger partial charge in [-0.1, -0.05) is 0 Å². The fraction of sp³-hybridized carbons (Fsp3) is 0.400. The molecule has 0 radical (unpaired) electrons. The molecule has 7 amide bonds. The van der Waals surface area contributed by atoms with E-state index in [4.69, 9.17) is 0 Å². The fourth-order valence-corrected chi connectivity index (χ4v) is 3.63. The molecule has 3 aliphatic rings. The van der Waals surface area contributed by atoms with Gasteiger partial charge < -0.3 is 10.0 Å². The van der Waals surface area contributed by atoms with Crippen LogP contribution in [0, 0.1) is 0 Å². The summed E-state index contributed by atoms with van der Waals surface area (Å²) in [6, 6.07) is -1.73. The number of rotatable bonds is 10. The van der Waals surface area contributed by atoms with E-state index in [1.54, 1.807) is 0 Å². The van der Waals surface area contributed by atoms with Crippen LogP contribution in [0.2, 0.25) is 0 Å². The van der Waals surface area contributed by atoms with E-state index >= 15 is 0 Å². The second-order valence-electron chi connectivity index (χ2n) is 7.42. The first-order valence-electron chi connectivity index (χ1n) is 10.0. The van der Waals surface area contributed by atoms with Crippen LogP contribution in [0.5, 0.6) is 0 Å². The van der Waals surface area contributed by atoms with Crippen LogP contribution in [-0.4, -0.2) is 104 Å². The van der Waals surface area contributed by atoms with Gasteiger partial charge in [0.25, 0.3) is 23.6 Å². The molecule has 0 aromatic rings.